The minimum atomic E-state index is 0.425. The average molecular weight is 260 g/mol. The van der Waals surface area contributed by atoms with Gasteiger partial charge in [-0.1, -0.05) is 11.6 Å². The van der Waals surface area contributed by atoms with E-state index in [0.717, 1.165) is 24.0 Å². The SMILES string of the molecule is CN(Cc1ccc(Cl)s1)CC1CCCCO1. The summed E-state index contributed by atoms with van der Waals surface area (Å²) >= 11 is 7.57. The molecule has 2 heterocycles. The summed E-state index contributed by atoms with van der Waals surface area (Å²) in [4.78, 5) is 3.64. The lowest BCUT2D eigenvalue weighted by Gasteiger charge is -2.27. The highest BCUT2D eigenvalue weighted by atomic mass is 35.5. The molecule has 16 heavy (non-hydrogen) atoms. The van der Waals surface area contributed by atoms with Gasteiger partial charge in [0.2, 0.25) is 0 Å². The van der Waals surface area contributed by atoms with Gasteiger partial charge in [0.25, 0.3) is 0 Å². The fourth-order valence-corrected chi connectivity index (χ4v) is 3.23. The van der Waals surface area contributed by atoms with Gasteiger partial charge in [-0.25, -0.2) is 0 Å². The van der Waals surface area contributed by atoms with Crippen LogP contribution in [0.3, 0.4) is 0 Å². The van der Waals surface area contributed by atoms with E-state index in [1.54, 1.807) is 11.3 Å². The van der Waals surface area contributed by atoms with Gasteiger partial charge in [-0.2, -0.15) is 0 Å². The fourth-order valence-electron chi connectivity index (χ4n) is 2.07. The molecule has 90 valence electrons. The van der Waals surface area contributed by atoms with Crippen molar-refractivity contribution in [3.8, 4) is 0 Å². The fraction of sp³-hybridized carbons (Fsp3) is 0.667. The zero-order valence-corrected chi connectivity index (χ0v) is 11.2. The molecule has 0 saturated carbocycles. The Hall–Kier alpha value is -0.0900. The topological polar surface area (TPSA) is 12.5 Å². The summed E-state index contributed by atoms with van der Waals surface area (Å²) in [7, 11) is 2.14. The number of likely N-dealkylation sites (N-methyl/N-ethyl adjacent to an activating group) is 1. The lowest BCUT2D eigenvalue weighted by Crippen LogP contribution is -2.32. The zero-order chi connectivity index (χ0) is 11.4. The Morgan fingerprint density at radius 2 is 2.38 bits per heavy atom. The maximum Gasteiger partial charge on any atom is 0.0931 e. The molecule has 2 nitrogen and oxygen atoms in total. The first-order valence-electron chi connectivity index (χ1n) is 5.78. The van der Waals surface area contributed by atoms with Crippen LogP contribution in [0.5, 0.6) is 0 Å². The Bertz CT molecular complexity index is 323. The highest BCUT2D eigenvalue weighted by molar-refractivity contribution is 7.16. The summed E-state index contributed by atoms with van der Waals surface area (Å²) in [5.74, 6) is 0. The number of halogens is 1. The second kappa shape index (κ2) is 6.01. The number of nitrogens with zero attached hydrogens (tertiary/aromatic N) is 1. The summed E-state index contributed by atoms with van der Waals surface area (Å²) in [5.41, 5.74) is 0. The molecular formula is C12H18ClNOS. The number of thiophene rings is 1. The van der Waals surface area contributed by atoms with Crippen molar-refractivity contribution in [1.82, 2.24) is 4.90 Å². The molecule has 1 aromatic heterocycles. The molecule has 0 N–H and O–H groups in total. The van der Waals surface area contributed by atoms with Crippen LogP contribution in [0.25, 0.3) is 0 Å². The van der Waals surface area contributed by atoms with Crippen molar-refractivity contribution < 1.29 is 4.74 Å². The van der Waals surface area contributed by atoms with Gasteiger partial charge in [-0.3, -0.25) is 4.90 Å². The van der Waals surface area contributed by atoms with Gasteiger partial charge in [0, 0.05) is 24.6 Å². The molecule has 1 aliphatic heterocycles. The lowest BCUT2D eigenvalue weighted by molar-refractivity contribution is -0.00245. The minimum Gasteiger partial charge on any atom is -0.377 e. The Labute approximate surface area is 106 Å². The van der Waals surface area contributed by atoms with E-state index in [9.17, 15) is 0 Å². The van der Waals surface area contributed by atoms with E-state index in [1.807, 2.05) is 6.07 Å². The summed E-state index contributed by atoms with van der Waals surface area (Å²) in [5, 5.41) is 0. The molecule has 0 spiro atoms. The lowest BCUT2D eigenvalue weighted by atomic mass is 10.1. The summed E-state index contributed by atoms with van der Waals surface area (Å²) in [6, 6.07) is 4.07. The molecular weight excluding hydrogens is 242 g/mol. The van der Waals surface area contributed by atoms with Crippen LogP contribution < -0.4 is 0 Å². The molecule has 1 aliphatic rings. The predicted molar refractivity (Wildman–Crippen MR) is 69.3 cm³/mol. The zero-order valence-electron chi connectivity index (χ0n) is 9.62. The van der Waals surface area contributed by atoms with E-state index >= 15 is 0 Å². The maximum absolute atomic E-state index is 5.91. The van der Waals surface area contributed by atoms with E-state index in [4.69, 9.17) is 16.3 Å². The first-order chi connectivity index (χ1) is 7.74. The van der Waals surface area contributed by atoms with E-state index < -0.39 is 0 Å². The second-order valence-electron chi connectivity index (χ2n) is 4.39. The Balaban J connectivity index is 1.77. The molecule has 0 aliphatic carbocycles. The standard InChI is InChI=1S/C12H18ClNOS/c1-14(8-10-4-2-3-7-15-10)9-11-5-6-12(13)16-11/h5-6,10H,2-4,7-9H2,1H3. The number of rotatable bonds is 4. The molecule has 0 aromatic carbocycles. The number of hydrogen-bond donors (Lipinski definition) is 0. The van der Waals surface area contributed by atoms with Crippen LogP contribution in [-0.2, 0) is 11.3 Å². The average Bonchev–Trinajstić information content (AvgIpc) is 2.65. The third-order valence-electron chi connectivity index (χ3n) is 2.84. The van der Waals surface area contributed by atoms with Gasteiger partial charge >= 0.3 is 0 Å². The van der Waals surface area contributed by atoms with Gasteiger partial charge in [0.1, 0.15) is 0 Å². The first kappa shape index (κ1) is 12.4. The van der Waals surface area contributed by atoms with Gasteiger partial charge in [0.05, 0.1) is 10.4 Å². The van der Waals surface area contributed by atoms with E-state index in [2.05, 4.69) is 18.0 Å². The van der Waals surface area contributed by atoms with Crippen LogP contribution >= 0.6 is 22.9 Å². The van der Waals surface area contributed by atoms with Crippen LogP contribution in [0.2, 0.25) is 4.34 Å². The molecule has 1 atom stereocenters. The van der Waals surface area contributed by atoms with Crippen LogP contribution in [0.1, 0.15) is 24.1 Å². The molecule has 1 aromatic rings. The first-order valence-corrected chi connectivity index (χ1v) is 6.98. The van der Waals surface area contributed by atoms with E-state index in [-0.39, 0.29) is 0 Å². The summed E-state index contributed by atoms with van der Waals surface area (Å²) in [6.07, 6.45) is 4.16. The second-order valence-corrected chi connectivity index (χ2v) is 6.19. The van der Waals surface area contributed by atoms with Crippen molar-refractivity contribution in [3.63, 3.8) is 0 Å². The normalized spacial score (nSPS) is 21.6. The van der Waals surface area contributed by atoms with Crippen molar-refractivity contribution in [3.05, 3.63) is 21.3 Å². The van der Waals surface area contributed by atoms with Crippen LogP contribution in [0.4, 0.5) is 0 Å². The van der Waals surface area contributed by atoms with Gasteiger partial charge < -0.3 is 4.74 Å². The molecule has 1 unspecified atom stereocenters. The maximum atomic E-state index is 5.91. The van der Waals surface area contributed by atoms with Gasteiger partial charge in [-0.15, -0.1) is 11.3 Å². The quantitative estimate of drug-likeness (QED) is 0.822. The van der Waals surface area contributed by atoms with Crippen molar-refractivity contribution in [1.29, 1.82) is 0 Å². The van der Waals surface area contributed by atoms with Crippen molar-refractivity contribution in [2.45, 2.75) is 31.9 Å². The third kappa shape index (κ3) is 3.74. The van der Waals surface area contributed by atoms with E-state index in [1.165, 1.54) is 24.1 Å². The smallest absolute Gasteiger partial charge is 0.0931 e. The monoisotopic (exact) mass is 259 g/mol. The molecule has 0 bridgehead atoms. The van der Waals surface area contributed by atoms with Crippen LogP contribution in [0, 0.1) is 0 Å². The predicted octanol–water partition coefficient (Wildman–Crippen LogP) is 3.40. The van der Waals surface area contributed by atoms with Crippen molar-refractivity contribution in [2.75, 3.05) is 20.2 Å². The Morgan fingerprint density at radius 1 is 1.50 bits per heavy atom. The summed E-state index contributed by atoms with van der Waals surface area (Å²) < 4.78 is 6.60. The summed E-state index contributed by atoms with van der Waals surface area (Å²) in [6.45, 7) is 2.93. The van der Waals surface area contributed by atoms with Crippen LogP contribution in [0.15, 0.2) is 12.1 Å². The molecule has 1 fully saturated rings. The molecule has 0 amide bonds. The highest BCUT2D eigenvalue weighted by Gasteiger charge is 2.16. The Morgan fingerprint density at radius 3 is 3.00 bits per heavy atom. The van der Waals surface area contributed by atoms with Crippen LogP contribution in [-0.4, -0.2) is 31.2 Å². The van der Waals surface area contributed by atoms with Crippen molar-refractivity contribution >= 4 is 22.9 Å². The number of hydrogen-bond acceptors (Lipinski definition) is 3. The Kier molecular flexibility index (Phi) is 4.65. The largest absolute Gasteiger partial charge is 0.377 e. The van der Waals surface area contributed by atoms with Gasteiger partial charge in [0.15, 0.2) is 0 Å². The van der Waals surface area contributed by atoms with Crippen molar-refractivity contribution in [2.24, 2.45) is 0 Å². The van der Waals surface area contributed by atoms with Gasteiger partial charge in [-0.05, 0) is 38.4 Å². The molecule has 4 heteroatoms. The molecule has 2 rings (SSSR count). The van der Waals surface area contributed by atoms with E-state index in [0.29, 0.717) is 6.10 Å². The number of ether oxygens (including phenoxy) is 1. The highest BCUT2D eigenvalue weighted by Crippen LogP contribution is 2.23. The molecule has 0 radical (unpaired) electrons. The molecule has 1 saturated heterocycles. The third-order valence-corrected chi connectivity index (χ3v) is 4.06. The minimum absolute atomic E-state index is 0.425.